The molecule has 1 aromatic heterocycles. The van der Waals surface area contributed by atoms with Gasteiger partial charge in [0.2, 0.25) is 0 Å². The second-order valence-corrected chi connectivity index (χ2v) is 5.24. The van der Waals surface area contributed by atoms with Crippen molar-refractivity contribution in [2.45, 2.75) is 25.7 Å². The number of benzene rings is 1. The summed E-state index contributed by atoms with van der Waals surface area (Å²) in [7, 11) is 0. The Balaban J connectivity index is 2.25. The molecule has 20 heavy (non-hydrogen) atoms. The van der Waals surface area contributed by atoms with Gasteiger partial charge >= 0.3 is 0 Å². The van der Waals surface area contributed by atoms with Crippen LogP contribution in [0.3, 0.4) is 0 Å². The number of anilines is 1. The fourth-order valence-electron chi connectivity index (χ4n) is 2.95. The minimum atomic E-state index is -0.287. The van der Waals surface area contributed by atoms with Gasteiger partial charge in [0.15, 0.2) is 0 Å². The van der Waals surface area contributed by atoms with Crippen LogP contribution in [0.5, 0.6) is 0 Å². The van der Waals surface area contributed by atoms with Gasteiger partial charge in [-0.3, -0.25) is 4.79 Å². The monoisotopic (exact) mass is 267 g/mol. The Bertz CT molecular complexity index is 719. The van der Waals surface area contributed by atoms with Crippen LogP contribution in [0.15, 0.2) is 29.1 Å². The SMILES string of the molecule is N#Cc1c(N2CCCCCC2)c2ccccc2[nH]c1=O. The molecule has 2 aromatic rings. The van der Waals surface area contributed by atoms with Crippen LogP contribution in [0, 0.1) is 11.3 Å². The highest BCUT2D eigenvalue weighted by atomic mass is 16.1. The average molecular weight is 267 g/mol. The highest BCUT2D eigenvalue weighted by Crippen LogP contribution is 2.29. The van der Waals surface area contributed by atoms with E-state index >= 15 is 0 Å². The van der Waals surface area contributed by atoms with Crippen molar-refractivity contribution in [1.29, 1.82) is 5.26 Å². The highest BCUT2D eigenvalue weighted by Gasteiger charge is 2.19. The first kappa shape index (κ1) is 12.7. The van der Waals surface area contributed by atoms with E-state index in [0.29, 0.717) is 0 Å². The van der Waals surface area contributed by atoms with Gasteiger partial charge in [0.05, 0.1) is 11.2 Å². The minimum absolute atomic E-state index is 0.241. The van der Waals surface area contributed by atoms with E-state index in [1.54, 1.807) is 0 Å². The molecule has 1 saturated heterocycles. The number of nitrogens with zero attached hydrogens (tertiary/aromatic N) is 2. The maximum atomic E-state index is 12.1. The molecule has 0 aliphatic carbocycles. The molecule has 3 rings (SSSR count). The molecule has 4 nitrogen and oxygen atoms in total. The van der Waals surface area contributed by atoms with Crippen molar-refractivity contribution >= 4 is 16.6 Å². The number of aromatic amines is 1. The molecule has 0 bridgehead atoms. The zero-order chi connectivity index (χ0) is 13.9. The number of nitrogens with one attached hydrogen (secondary N) is 1. The van der Waals surface area contributed by atoms with E-state index in [9.17, 15) is 10.1 Å². The number of nitriles is 1. The van der Waals surface area contributed by atoms with Crippen LogP contribution in [-0.4, -0.2) is 18.1 Å². The van der Waals surface area contributed by atoms with Gasteiger partial charge in [-0.2, -0.15) is 5.26 Å². The van der Waals surface area contributed by atoms with Gasteiger partial charge in [0.25, 0.3) is 5.56 Å². The lowest BCUT2D eigenvalue weighted by Gasteiger charge is -2.25. The number of hydrogen-bond donors (Lipinski definition) is 1. The van der Waals surface area contributed by atoms with Crippen LogP contribution in [0.25, 0.3) is 10.9 Å². The average Bonchev–Trinajstić information content (AvgIpc) is 2.74. The smallest absolute Gasteiger partial charge is 0.268 e. The minimum Gasteiger partial charge on any atom is -0.370 e. The molecule has 1 N–H and O–H groups in total. The topological polar surface area (TPSA) is 59.9 Å². The van der Waals surface area contributed by atoms with Crippen molar-refractivity contribution in [2.24, 2.45) is 0 Å². The highest BCUT2D eigenvalue weighted by molar-refractivity contribution is 5.94. The van der Waals surface area contributed by atoms with Crippen molar-refractivity contribution in [2.75, 3.05) is 18.0 Å². The number of pyridine rings is 1. The van der Waals surface area contributed by atoms with Crippen molar-refractivity contribution < 1.29 is 0 Å². The first-order chi connectivity index (χ1) is 9.81. The Morgan fingerprint density at radius 2 is 1.80 bits per heavy atom. The van der Waals surface area contributed by atoms with Gasteiger partial charge in [0.1, 0.15) is 11.6 Å². The molecule has 1 aliphatic rings. The summed E-state index contributed by atoms with van der Waals surface area (Å²) in [5.41, 5.74) is 1.57. The standard InChI is InChI=1S/C16H17N3O/c17-11-13-15(19-9-5-1-2-6-10-19)12-7-3-4-8-14(12)18-16(13)20/h3-4,7-8H,1-2,5-6,9-10H2,(H,18,20). The van der Waals surface area contributed by atoms with E-state index in [2.05, 4.69) is 16.0 Å². The Labute approximate surface area is 117 Å². The molecule has 0 radical (unpaired) electrons. The third-order valence-electron chi connectivity index (χ3n) is 3.93. The summed E-state index contributed by atoms with van der Waals surface area (Å²) in [6, 6.07) is 9.80. The zero-order valence-electron chi connectivity index (χ0n) is 11.4. The van der Waals surface area contributed by atoms with E-state index < -0.39 is 0 Å². The molecule has 102 valence electrons. The van der Waals surface area contributed by atoms with E-state index in [-0.39, 0.29) is 11.1 Å². The molecule has 4 heteroatoms. The molecule has 0 saturated carbocycles. The van der Waals surface area contributed by atoms with Gasteiger partial charge in [-0.25, -0.2) is 0 Å². The van der Waals surface area contributed by atoms with E-state index in [1.807, 2.05) is 24.3 Å². The summed E-state index contributed by atoms with van der Waals surface area (Å²) in [4.78, 5) is 17.1. The van der Waals surface area contributed by atoms with Crippen LogP contribution < -0.4 is 10.5 Å². The molecule has 0 amide bonds. The molecule has 1 fully saturated rings. The van der Waals surface area contributed by atoms with Crippen LogP contribution in [0.1, 0.15) is 31.2 Å². The Hall–Kier alpha value is -2.28. The van der Waals surface area contributed by atoms with Crippen LogP contribution >= 0.6 is 0 Å². The van der Waals surface area contributed by atoms with Crippen molar-refractivity contribution in [1.82, 2.24) is 4.98 Å². The number of rotatable bonds is 1. The predicted molar refractivity (Wildman–Crippen MR) is 80.0 cm³/mol. The second-order valence-electron chi connectivity index (χ2n) is 5.24. The normalized spacial score (nSPS) is 15.8. The van der Waals surface area contributed by atoms with Crippen molar-refractivity contribution in [3.63, 3.8) is 0 Å². The Kier molecular flexibility index (Phi) is 3.42. The first-order valence-corrected chi connectivity index (χ1v) is 7.11. The maximum absolute atomic E-state index is 12.1. The van der Waals surface area contributed by atoms with E-state index in [1.165, 1.54) is 12.8 Å². The fraction of sp³-hybridized carbons (Fsp3) is 0.375. The molecule has 1 aliphatic heterocycles. The summed E-state index contributed by atoms with van der Waals surface area (Å²) in [5.74, 6) is 0. The lowest BCUT2D eigenvalue weighted by molar-refractivity contribution is 0.726. The molecular formula is C16H17N3O. The van der Waals surface area contributed by atoms with Crippen molar-refractivity contribution in [3.8, 4) is 6.07 Å². The number of aromatic nitrogens is 1. The van der Waals surface area contributed by atoms with Gasteiger partial charge in [0, 0.05) is 18.5 Å². The van der Waals surface area contributed by atoms with E-state index in [0.717, 1.165) is 42.5 Å². The molecular weight excluding hydrogens is 250 g/mol. The second kappa shape index (κ2) is 5.38. The molecule has 2 heterocycles. The molecule has 0 unspecified atom stereocenters. The number of H-pyrrole nitrogens is 1. The van der Waals surface area contributed by atoms with Gasteiger partial charge in [-0.15, -0.1) is 0 Å². The Morgan fingerprint density at radius 3 is 2.50 bits per heavy atom. The lowest BCUT2D eigenvalue weighted by atomic mass is 10.1. The number of para-hydroxylation sites is 1. The summed E-state index contributed by atoms with van der Waals surface area (Å²) < 4.78 is 0. The van der Waals surface area contributed by atoms with Crippen LogP contribution in [0.2, 0.25) is 0 Å². The lowest BCUT2D eigenvalue weighted by Crippen LogP contribution is -2.28. The van der Waals surface area contributed by atoms with Crippen LogP contribution in [0.4, 0.5) is 5.69 Å². The number of fused-ring (bicyclic) bond motifs is 1. The maximum Gasteiger partial charge on any atom is 0.268 e. The predicted octanol–water partition coefficient (Wildman–Crippen LogP) is 2.78. The quantitative estimate of drug-likeness (QED) is 0.864. The molecule has 0 atom stereocenters. The Morgan fingerprint density at radius 1 is 1.10 bits per heavy atom. The van der Waals surface area contributed by atoms with Crippen LogP contribution in [-0.2, 0) is 0 Å². The zero-order valence-corrected chi connectivity index (χ0v) is 11.4. The summed E-state index contributed by atoms with van der Waals surface area (Å²) in [5, 5.41) is 10.3. The fourth-order valence-corrected chi connectivity index (χ4v) is 2.95. The molecule has 1 aromatic carbocycles. The van der Waals surface area contributed by atoms with Gasteiger partial charge in [-0.1, -0.05) is 31.0 Å². The largest absolute Gasteiger partial charge is 0.370 e. The molecule has 0 spiro atoms. The third-order valence-corrected chi connectivity index (χ3v) is 3.93. The first-order valence-electron chi connectivity index (χ1n) is 7.11. The van der Waals surface area contributed by atoms with E-state index in [4.69, 9.17) is 0 Å². The summed E-state index contributed by atoms with van der Waals surface area (Å²) in [6.07, 6.45) is 4.68. The summed E-state index contributed by atoms with van der Waals surface area (Å²) >= 11 is 0. The van der Waals surface area contributed by atoms with Gasteiger partial charge in [-0.05, 0) is 18.9 Å². The number of hydrogen-bond acceptors (Lipinski definition) is 3. The van der Waals surface area contributed by atoms with Gasteiger partial charge < -0.3 is 9.88 Å². The third kappa shape index (κ3) is 2.16. The van der Waals surface area contributed by atoms with Crippen molar-refractivity contribution in [3.05, 3.63) is 40.2 Å². The summed E-state index contributed by atoms with van der Waals surface area (Å²) in [6.45, 7) is 1.84.